The first-order valence-corrected chi connectivity index (χ1v) is 5.85. The van der Waals surface area contributed by atoms with E-state index in [1.165, 1.54) is 24.3 Å². The van der Waals surface area contributed by atoms with E-state index in [0.29, 0.717) is 18.7 Å². The van der Waals surface area contributed by atoms with Crippen LogP contribution in [0.15, 0.2) is 24.3 Å². The molecule has 1 rings (SSSR count). The van der Waals surface area contributed by atoms with Crippen LogP contribution in [0.5, 0.6) is 0 Å². The van der Waals surface area contributed by atoms with Gasteiger partial charge in [0.25, 0.3) is 5.91 Å². The molecule has 0 unspecified atom stereocenters. The van der Waals surface area contributed by atoms with E-state index in [9.17, 15) is 9.18 Å². The summed E-state index contributed by atoms with van der Waals surface area (Å²) in [6.45, 7) is 3.80. The summed E-state index contributed by atoms with van der Waals surface area (Å²) in [6.07, 6.45) is 2.13. The van der Waals surface area contributed by atoms with Gasteiger partial charge < -0.3 is 10.1 Å². The zero-order valence-electron chi connectivity index (χ0n) is 10.0. The maximum Gasteiger partial charge on any atom is 0.251 e. The minimum Gasteiger partial charge on any atom is -0.380 e. The highest BCUT2D eigenvalue weighted by Gasteiger charge is 2.03. The molecule has 0 aliphatic rings. The predicted molar refractivity (Wildman–Crippen MR) is 64.5 cm³/mol. The Bertz CT molecular complexity index is 338. The van der Waals surface area contributed by atoms with Crippen LogP contribution < -0.4 is 5.32 Å². The van der Waals surface area contributed by atoms with Crippen LogP contribution in [0.3, 0.4) is 0 Å². The summed E-state index contributed by atoms with van der Waals surface area (Å²) in [5.41, 5.74) is 0.458. The van der Waals surface area contributed by atoms with E-state index in [0.717, 1.165) is 19.4 Å². The third-order valence-electron chi connectivity index (χ3n) is 2.28. The molecule has 0 aliphatic carbocycles. The molecule has 0 spiro atoms. The van der Waals surface area contributed by atoms with Gasteiger partial charge in [0.15, 0.2) is 0 Å². The highest BCUT2D eigenvalue weighted by atomic mass is 19.1. The van der Waals surface area contributed by atoms with Gasteiger partial charge in [0.05, 0.1) is 6.61 Å². The van der Waals surface area contributed by atoms with E-state index < -0.39 is 0 Å². The standard InChI is InChI=1S/C13H18FNO2/c1-2-3-9-17-10-8-15-13(16)11-4-6-12(14)7-5-11/h4-7H,2-3,8-10H2,1H3,(H,15,16). The Hall–Kier alpha value is -1.42. The van der Waals surface area contributed by atoms with Gasteiger partial charge in [0, 0.05) is 18.7 Å². The topological polar surface area (TPSA) is 38.3 Å². The minimum absolute atomic E-state index is 0.205. The second kappa shape index (κ2) is 7.79. The predicted octanol–water partition coefficient (Wildman–Crippen LogP) is 2.37. The van der Waals surface area contributed by atoms with Gasteiger partial charge in [0.2, 0.25) is 0 Å². The first kappa shape index (κ1) is 13.6. The molecule has 1 N–H and O–H groups in total. The maximum atomic E-state index is 12.6. The normalized spacial score (nSPS) is 10.2. The van der Waals surface area contributed by atoms with Crippen LogP contribution >= 0.6 is 0 Å². The Labute approximate surface area is 101 Å². The molecule has 1 aromatic carbocycles. The van der Waals surface area contributed by atoms with Gasteiger partial charge in [-0.3, -0.25) is 4.79 Å². The molecule has 0 fully saturated rings. The highest BCUT2D eigenvalue weighted by molar-refractivity contribution is 5.94. The summed E-state index contributed by atoms with van der Waals surface area (Å²) >= 11 is 0. The third kappa shape index (κ3) is 5.45. The molecular weight excluding hydrogens is 221 g/mol. The molecule has 4 heteroatoms. The number of carbonyl (C=O) groups excluding carboxylic acids is 1. The molecule has 0 bridgehead atoms. The molecule has 1 aromatic rings. The number of amides is 1. The average Bonchev–Trinajstić information content (AvgIpc) is 2.34. The highest BCUT2D eigenvalue weighted by Crippen LogP contribution is 2.02. The summed E-state index contributed by atoms with van der Waals surface area (Å²) in [7, 11) is 0. The first-order valence-electron chi connectivity index (χ1n) is 5.85. The SMILES string of the molecule is CCCCOCCNC(=O)c1ccc(F)cc1. The Morgan fingerprint density at radius 2 is 2.00 bits per heavy atom. The number of hydrogen-bond acceptors (Lipinski definition) is 2. The van der Waals surface area contributed by atoms with Gasteiger partial charge in [-0.05, 0) is 30.7 Å². The lowest BCUT2D eigenvalue weighted by Gasteiger charge is -2.06. The van der Waals surface area contributed by atoms with E-state index in [1.807, 2.05) is 0 Å². The Balaban J connectivity index is 2.19. The summed E-state index contributed by atoms with van der Waals surface area (Å²) in [4.78, 5) is 11.6. The summed E-state index contributed by atoms with van der Waals surface area (Å²) in [5.74, 6) is -0.548. The summed E-state index contributed by atoms with van der Waals surface area (Å²) < 4.78 is 17.9. The molecule has 94 valence electrons. The molecule has 0 aliphatic heterocycles. The Morgan fingerprint density at radius 3 is 2.65 bits per heavy atom. The first-order chi connectivity index (χ1) is 8.24. The van der Waals surface area contributed by atoms with Crippen LogP contribution in [0.1, 0.15) is 30.1 Å². The second-order valence-electron chi connectivity index (χ2n) is 3.73. The number of carbonyl (C=O) groups is 1. The van der Waals surface area contributed by atoms with Gasteiger partial charge in [-0.25, -0.2) is 4.39 Å². The average molecular weight is 239 g/mol. The monoisotopic (exact) mass is 239 g/mol. The van der Waals surface area contributed by atoms with Crippen molar-refractivity contribution in [1.29, 1.82) is 0 Å². The third-order valence-corrected chi connectivity index (χ3v) is 2.28. The maximum absolute atomic E-state index is 12.6. The molecule has 17 heavy (non-hydrogen) atoms. The van der Waals surface area contributed by atoms with E-state index in [2.05, 4.69) is 12.2 Å². The molecule has 1 amide bonds. The number of nitrogens with one attached hydrogen (secondary N) is 1. The molecule has 0 atom stereocenters. The zero-order valence-corrected chi connectivity index (χ0v) is 10.0. The van der Waals surface area contributed by atoms with E-state index >= 15 is 0 Å². The number of benzene rings is 1. The van der Waals surface area contributed by atoms with Gasteiger partial charge in [-0.2, -0.15) is 0 Å². The fourth-order valence-corrected chi connectivity index (χ4v) is 1.29. The molecule has 0 radical (unpaired) electrons. The lowest BCUT2D eigenvalue weighted by Crippen LogP contribution is -2.27. The van der Waals surface area contributed by atoms with Crippen molar-refractivity contribution in [3.63, 3.8) is 0 Å². The van der Waals surface area contributed by atoms with Crippen LogP contribution in [0.2, 0.25) is 0 Å². The summed E-state index contributed by atoms with van der Waals surface area (Å²) in [6, 6.07) is 5.46. The lowest BCUT2D eigenvalue weighted by molar-refractivity contribution is 0.0912. The second-order valence-corrected chi connectivity index (χ2v) is 3.73. The van der Waals surface area contributed by atoms with E-state index in [4.69, 9.17) is 4.74 Å². The Kier molecular flexibility index (Phi) is 6.25. The van der Waals surface area contributed by atoms with Crippen molar-refractivity contribution in [3.8, 4) is 0 Å². The van der Waals surface area contributed by atoms with Crippen molar-refractivity contribution in [2.45, 2.75) is 19.8 Å². The smallest absolute Gasteiger partial charge is 0.251 e. The molecule has 3 nitrogen and oxygen atoms in total. The van der Waals surface area contributed by atoms with Gasteiger partial charge >= 0.3 is 0 Å². The Morgan fingerprint density at radius 1 is 1.29 bits per heavy atom. The molecule has 0 saturated carbocycles. The van der Waals surface area contributed by atoms with Crippen molar-refractivity contribution in [2.24, 2.45) is 0 Å². The fourth-order valence-electron chi connectivity index (χ4n) is 1.29. The van der Waals surface area contributed by atoms with Crippen molar-refractivity contribution >= 4 is 5.91 Å². The minimum atomic E-state index is -0.343. The largest absolute Gasteiger partial charge is 0.380 e. The lowest BCUT2D eigenvalue weighted by atomic mass is 10.2. The van der Waals surface area contributed by atoms with Gasteiger partial charge in [-0.15, -0.1) is 0 Å². The number of ether oxygens (including phenoxy) is 1. The van der Waals surface area contributed by atoms with E-state index in [1.54, 1.807) is 0 Å². The quantitative estimate of drug-likeness (QED) is 0.742. The van der Waals surface area contributed by atoms with E-state index in [-0.39, 0.29) is 11.7 Å². The number of halogens is 1. The molecule has 0 saturated heterocycles. The van der Waals surface area contributed by atoms with Crippen molar-refractivity contribution in [2.75, 3.05) is 19.8 Å². The van der Waals surface area contributed by atoms with Crippen molar-refractivity contribution in [3.05, 3.63) is 35.6 Å². The number of hydrogen-bond donors (Lipinski definition) is 1. The summed E-state index contributed by atoms with van der Waals surface area (Å²) in [5, 5.41) is 2.71. The zero-order chi connectivity index (χ0) is 12.5. The fraction of sp³-hybridized carbons (Fsp3) is 0.462. The van der Waals surface area contributed by atoms with Crippen LogP contribution in [0.4, 0.5) is 4.39 Å². The molecular formula is C13H18FNO2. The van der Waals surface area contributed by atoms with Crippen LogP contribution in [0, 0.1) is 5.82 Å². The van der Waals surface area contributed by atoms with Crippen molar-refractivity contribution in [1.82, 2.24) is 5.32 Å². The van der Waals surface area contributed by atoms with Crippen LogP contribution in [-0.4, -0.2) is 25.7 Å². The van der Waals surface area contributed by atoms with Crippen LogP contribution in [-0.2, 0) is 4.74 Å². The van der Waals surface area contributed by atoms with Gasteiger partial charge in [0.1, 0.15) is 5.82 Å². The molecule has 0 heterocycles. The van der Waals surface area contributed by atoms with Gasteiger partial charge in [-0.1, -0.05) is 13.3 Å². The van der Waals surface area contributed by atoms with Crippen molar-refractivity contribution < 1.29 is 13.9 Å². The number of rotatable bonds is 7. The van der Waals surface area contributed by atoms with Crippen LogP contribution in [0.25, 0.3) is 0 Å². The number of unbranched alkanes of at least 4 members (excludes halogenated alkanes) is 1. The molecule has 0 aromatic heterocycles.